The first kappa shape index (κ1) is 11.0. The SMILES string of the molecule is CCc1c(C(O)c2nccn2C)coc1C. The minimum atomic E-state index is -0.715. The highest BCUT2D eigenvalue weighted by Gasteiger charge is 2.21. The normalized spacial score (nSPS) is 13.0. The summed E-state index contributed by atoms with van der Waals surface area (Å²) in [4.78, 5) is 4.15. The Morgan fingerprint density at radius 3 is 2.88 bits per heavy atom. The smallest absolute Gasteiger partial charge is 0.142 e. The summed E-state index contributed by atoms with van der Waals surface area (Å²) in [5, 5.41) is 10.2. The van der Waals surface area contributed by atoms with Crippen LogP contribution in [0.1, 0.15) is 35.7 Å². The summed E-state index contributed by atoms with van der Waals surface area (Å²) in [7, 11) is 1.87. The Morgan fingerprint density at radius 1 is 1.56 bits per heavy atom. The van der Waals surface area contributed by atoms with Gasteiger partial charge in [-0.1, -0.05) is 6.92 Å². The first-order chi connectivity index (χ1) is 7.65. The second-order valence-electron chi connectivity index (χ2n) is 3.88. The van der Waals surface area contributed by atoms with Crippen LogP contribution in [0.15, 0.2) is 23.1 Å². The Bertz CT molecular complexity index is 485. The second-order valence-corrected chi connectivity index (χ2v) is 3.88. The molecular weight excluding hydrogens is 204 g/mol. The van der Waals surface area contributed by atoms with Gasteiger partial charge in [-0.2, -0.15) is 0 Å². The second kappa shape index (κ2) is 4.14. The van der Waals surface area contributed by atoms with Gasteiger partial charge < -0.3 is 14.1 Å². The van der Waals surface area contributed by atoms with Crippen LogP contribution in [0.3, 0.4) is 0 Å². The molecule has 2 heterocycles. The fraction of sp³-hybridized carbons (Fsp3) is 0.417. The van der Waals surface area contributed by atoms with E-state index in [2.05, 4.69) is 4.98 Å². The third-order valence-corrected chi connectivity index (χ3v) is 2.89. The van der Waals surface area contributed by atoms with Gasteiger partial charge in [0.15, 0.2) is 0 Å². The van der Waals surface area contributed by atoms with Gasteiger partial charge in [-0.3, -0.25) is 0 Å². The van der Waals surface area contributed by atoms with Crippen LogP contribution in [0, 0.1) is 6.92 Å². The molecule has 0 aliphatic carbocycles. The van der Waals surface area contributed by atoms with Crippen LogP contribution in [0.5, 0.6) is 0 Å². The Labute approximate surface area is 94.5 Å². The van der Waals surface area contributed by atoms with Gasteiger partial charge in [0, 0.05) is 25.0 Å². The molecule has 0 saturated heterocycles. The van der Waals surface area contributed by atoms with Crippen LogP contribution in [-0.4, -0.2) is 14.7 Å². The summed E-state index contributed by atoms with van der Waals surface area (Å²) in [6, 6.07) is 0. The maximum Gasteiger partial charge on any atom is 0.142 e. The summed E-state index contributed by atoms with van der Waals surface area (Å²) in [5.74, 6) is 1.50. The number of aliphatic hydroxyl groups is 1. The van der Waals surface area contributed by atoms with Gasteiger partial charge in [0.1, 0.15) is 17.7 Å². The van der Waals surface area contributed by atoms with Crippen LogP contribution >= 0.6 is 0 Å². The van der Waals surface area contributed by atoms with Crippen LogP contribution in [0.4, 0.5) is 0 Å². The molecule has 0 aliphatic heterocycles. The van der Waals surface area contributed by atoms with Gasteiger partial charge in [0.25, 0.3) is 0 Å². The van der Waals surface area contributed by atoms with Gasteiger partial charge in [-0.05, 0) is 18.9 Å². The molecule has 1 atom stereocenters. The van der Waals surface area contributed by atoms with Gasteiger partial charge in [0.2, 0.25) is 0 Å². The quantitative estimate of drug-likeness (QED) is 0.860. The Morgan fingerprint density at radius 2 is 2.31 bits per heavy atom. The Balaban J connectivity index is 2.41. The molecule has 2 aromatic rings. The summed E-state index contributed by atoms with van der Waals surface area (Å²) in [5.41, 5.74) is 1.88. The fourth-order valence-corrected chi connectivity index (χ4v) is 1.96. The molecule has 86 valence electrons. The molecule has 0 saturated carbocycles. The van der Waals surface area contributed by atoms with E-state index in [9.17, 15) is 5.11 Å². The van der Waals surface area contributed by atoms with Gasteiger partial charge in [0.05, 0.1) is 6.26 Å². The molecular formula is C12H16N2O2. The van der Waals surface area contributed by atoms with Crippen LogP contribution in [0.2, 0.25) is 0 Å². The zero-order valence-electron chi connectivity index (χ0n) is 9.77. The van der Waals surface area contributed by atoms with Crippen LogP contribution < -0.4 is 0 Å². The molecule has 1 N–H and O–H groups in total. The monoisotopic (exact) mass is 220 g/mol. The summed E-state index contributed by atoms with van der Waals surface area (Å²) < 4.78 is 7.16. The molecule has 2 aromatic heterocycles. The third-order valence-electron chi connectivity index (χ3n) is 2.89. The average molecular weight is 220 g/mol. The van der Waals surface area contributed by atoms with Crippen LogP contribution in [0.25, 0.3) is 0 Å². The molecule has 0 aliphatic rings. The lowest BCUT2D eigenvalue weighted by Gasteiger charge is -2.10. The number of furan rings is 1. The van der Waals surface area contributed by atoms with E-state index < -0.39 is 6.10 Å². The summed E-state index contributed by atoms with van der Waals surface area (Å²) in [6.07, 6.45) is 5.24. The minimum absolute atomic E-state index is 0.635. The number of hydrogen-bond donors (Lipinski definition) is 1. The van der Waals surface area contributed by atoms with Crippen molar-refractivity contribution in [1.82, 2.24) is 9.55 Å². The minimum Gasteiger partial charge on any atom is -0.469 e. The van der Waals surface area contributed by atoms with E-state index in [1.54, 1.807) is 12.5 Å². The standard InChI is InChI=1S/C12H16N2O2/c1-4-9-8(2)16-7-10(9)11(15)12-13-5-6-14(12)3/h5-7,11,15H,4H2,1-3H3. The first-order valence-corrected chi connectivity index (χ1v) is 5.37. The van der Waals surface area contributed by atoms with E-state index in [1.807, 2.05) is 31.7 Å². The molecule has 16 heavy (non-hydrogen) atoms. The van der Waals surface area contributed by atoms with Crippen molar-refractivity contribution in [1.29, 1.82) is 0 Å². The molecule has 4 heteroatoms. The van der Waals surface area contributed by atoms with Gasteiger partial charge in [-0.15, -0.1) is 0 Å². The number of aryl methyl sites for hydroxylation is 2. The molecule has 0 bridgehead atoms. The molecule has 1 unspecified atom stereocenters. The fourth-order valence-electron chi connectivity index (χ4n) is 1.96. The maximum absolute atomic E-state index is 10.2. The lowest BCUT2D eigenvalue weighted by Crippen LogP contribution is -2.08. The van der Waals surface area contributed by atoms with E-state index in [1.165, 1.54) is 0 Å². The summed E-state index contributed by atoms with van der Waals surface area (Å²) >= 11 is 0. The lowest BCUT2D eigenvalue weighted by molar-refractivity contribution is 0.204. The molecule has 0 aromatic carbocycles. The summed E-state index contributed by atoms with van der Waals surface area (Å²) in [6.45, 7) is 3.96. The van der Waals surface area contributed by atoms with E-state index in [0.717, 1.165) is 23.3 Å². The van der Waals surface area contributed by atoms with E-state index in [4.69, 9.17) is 4.42 Å². The van der Waals surface area contributed by atoms with E-state index in [0.29, 0.717) is 5.82 Å². The number of aromatic nitrogens is 2. The highest BCUT2D eigenvalue weighted by Crippen LogP contribution is 2.27. The van der Waals surface area contributed by atoms with Crippen molar-refractivity contribution in [2.75, 3.05) is 0 Å². The zero-order valence-corrected chi connectivity index (χ0v) is 9.77. The predicted octanol–water partition coefficient (Wildman–Crippen LogP) is 1.97. The molecule has 2 rings (SSSR count). The number of aliphatic hydroxyl groups excluding tert-OH is 1. The predicted molar refractivity (Wildman–Crippen MR) is 60.1 cm³/mol. The number of hydrogen-bond acceptors (Lipinski definition) is 3. The number of rotatable bonds is 3. The van der Waals surface area contributed by atoms with Gasteiger partial charge >= 0.3 is 0 Å². The molecule has 0 radical (unpaired) electrons. The third kappa shape index (κ3) is 1.65. The molecule has 4 nitrogen and oxygen atoms in total. The van der Waals surface area contributed by atoms with E-state index in [-0.39, 0.29) is 0 Å². The molecule has 0 fully saturated rings. The maximum atomic E-state index is 10.2. The van der Waals surface area contributed by atoms with Crippen molar-refractivity contribution in [3.63, 3.8) is 0 Å². The molecule has 0 spiro atoms. The number of imidazole rings is 1. The van der Waals surface area contributed by atoms with E-state index >= 15 is 0 Å². The highest BCUT2D eigenvalue weighted by atomic mass is 16.3. The van der Waals surface area contributed by atoms with Crippen molar-refractivity contribution in [2.45, 2.75) is 26.4 Å². The zero-order chi connectivity index (χ0) is 11.7. The lowest BCUT2D eigenvalue weighted by atomic mass is 10.0. The van der Waals surface area contributed by atoms with Crippen molar-refractivity contribution in [3.8, 4) is 0 Å². The Kier molecular flexibility index (Phi) is 2.83. The highest BCUT2D eigenvalue weighted by molar-refractivity contribution is 5.32. The van der Waals surface area contributed by atoms with Crippen molar-refractivity contribution >= 4 is 0 Å². The van der Waals surface area contributed by atoms with Crippen LogP contribution in [-0.2, 0) is 13.5 Å². The van der Waals surface area contributed by atoms with Crippen molar-refractivity contribution < 1.29 is 9.52 Å². The van der Waals surface area contributed by atoms with Crippen molar-refractivity contribution in [2.24, 2.45) is 7.05 Å². The largest absolute Gasteiger partial charge is 0.469 e. The first-order valence-electron chi connectivity index (χ1n) is 5.37. The van der Waals surface area contributed by atoms with Crippen molar-refractivity contribution in [3.05, 3.63) is 41.4 Å². The molecule has 0 amide bonds. The number of nitrogens with zero attached hydrogens (tertiary/aromatic N) is 2. The topological polar surface area (TPSA) is 51.2 Å². The Hall–Kier alpha value is -1.55. The van der Waals surface area contributed by atoms with Gasteiger partial charge in [-0.25, -0.2) is 4.98 Å². The average Bonchev–Trinajstić information content (AvgIpc) is 2.83.